The molecule has 6 heteroatoms. The summed E-state index contributed by atoms with van der Waals surface area (Å²) in [4.78, 5) is 10.9. The molecule has 0 spiro atoms. The Morgan fingerprint density at radius 2 is 2.29 bits per heavy atom. The van der Waals surface area contributed by atoms with E-state index in [4.69, 9.17) is 16.7 Å². The van der Waals surface area contributed by atoms with Gasteiger partial charge in [-0.25, -0.2) is 0 Å². The molecule has 1 aromatic rings. The van der Waals surface area contributed by atoms with Gasteiger partial charge in [0.2, 0.25) is 0 Å². The summed E-state index contributed by atoms with van der Waals surface area (Å²) >= 11 is 7.47. The van der Waals surface area contributed by atoms with E-state index in [1.807, 2.05) is 0 Å². The van der Waals surface area contributed by atoms with Gasteiger partial charge in [-0.2, -0.15) is 0 Å². The van der Waals surface area contributed by atoms with Crippen LogP contribution in [-0.4, -0.2) is 28.0 Å². The molecule has 1 fully saturated rings. The van der Waals surface area contributed by atoms with Crippen molar-refractivity contribution in [3.05, 3.63) is 28.8 Å². The Bertz CT molecular complexity index is 441. The van der Waals surface area contributed by atoms with E-state index in [0.717, 1.165) is 11.3 Å². The lowest BCUT2D eigenvalue weighted by atomic mass is 10.1. The van der Waals surface area contributed by atoms with Crippen molar-refractivity contribution in [1.29, 1.82) is 0 Å². The Balaban J connectivity index is 2.16. The molecule has 0 aliphatic carbocycles. The highest BCUT2D eigenvalue weighted by molar-refractivity contribution is 7.99. The number of carboxylic acid groups (broad SMARTS) is 1. The second kappa shape index (κ2) is 5.16. The molecular formula is C11H12ClNO3S. The Hall–Kier alpha value is -0.910. The molecule has 2 rings (SSSR count). The first-order valence-corrected chi connectivity index (χ1v) is 6.59. The first-order valence-electron chi connectivity index (χ1n) is 5.17. The third-order valence-electron chi connectivity index (χ3n) is 2.62. The first kappa shape index (κ1) is 12.5. The van der Waals surface area contributed by atoms with Gasteiger partial charge in [0.15, 0.2) is 0 Å². The summed E-state index contributed by atoms with van der Waals surface area (Å²) < 4.78 is 0. The van der Waals surface area contributed by atoms with E-state index >= 15 is 0 Å². The van der Waals surface area contributed by atoms with E-state index in [2.05, 4.69) is 5.32 Å². The average molecular weight is 274 g/mol. The monoisotopic (exact) mass is 273 g/mol. The van der Waals surface area contributed by atoms with Gasteiger partial charge in [-0.15, -0.1) is 11.8 Å². The van der Waals surface area contributed by atoms with Crippen LogP contribution < -0.4 is 5.32 Å². The molecule has 0 bridgehead atoms. The number of aromatic hydroxyl groups is 1. The fourth-order valence-corrected chi connectivity index (χ4v) is 3.09. The molecule has 0 saturated carbocycles. The van der Waals surface area contributed by atoms with Gasteiger partial charge in [0.25, 0.3) is 0 Å². The average Bonchev–Trinajstić information content (AvgIpc) is 2.33. The fourth-order valence-electron chi connectivity index (χ4n) is 1.69. The largest absolute Gasteiger partial charge is 0.506 e. The Labute approximate surface area is 108 Å². The number of benzene rings is 1. The number of carbonyl (C=O) groups is 1. The molecule has 0 radical (unpaired) electrons. The number of hydrogen-bond donors (Lipinski definition) is 3. The summed E-state index contributed by atoms with van der Waals surface area (Å²) in [6, 6.07) is 4.40. The quantitative estimate of drug-likeness (QED) is 0.771. The summed E-state index contributed by atoms with van der Waals surface area (Å²) in [6.07, 6.45) is 0.613. The van der Waals surface area contributed by atoms with Crippen molar-refractivity contribution < 1.29 is 15.0 Å². The maximum atomic E-state index is 10.9. The van der Waals surface area contributed by atoms with E-state index in [1.165, 1.54) is 6.07 Å². The highest BCUT2D eigenvalue weighted by Gasteiger charge is 2.27. The second-order valence-corrected chi connectivity index (χ2v) is 5.43. The minimum Gasteiger partial charge on any atom is -0.506 e. The van der Waals surface area contributed by atoms with Crippen LogP contribution in [0.3, 0.4) is 0 Å². The highest BCUT2D eigenvalue weighted by atomic mass is 35.5. The van der Waals surface area contributed by atoms with Gasteiger partial charge in [-0.05, 0) is 29.9 Å². The molecule has 0 amide bonds. The van der Waals surface area contributed by atoms with Crippen LogP contribution in [0, 0.1) is 0 Å². The minimum atomic E-state index is -0.833. The minimum absolute atomic E-state index is 0.0333. The van der Waals surface area contributed by atoms with Crippen LogP contribution in [0.4, 0.5) is 0 Å². The van der Waals surface area contributed by atoms with Gasteiger partial charge < -0.3 is 10.2 Å². The zero-order valence-electron chi connectivity index (χ0n) is 8.89. The van der Waals surface area contributed by atoms with Crippen molar-refractivity contribution in [1.82, 2.24) is 5.32 Å². The van der Waals surface area contributed by atoms with Gasteiger partial charge in [-0.3, -0.25) is 10.1 Å². The molecule has 2 atom stereocenters. The molecule has 1 saturated heterocycles. The third kappa shape index (κ3) is 2.86. The smallest absolute Gasteiger partial charge is 0.320 e. The van der Waals surface area contributed by atoms with Gasteiger partial charge in [0.1, 0.15) is 11.8 Å². The van der Waals surface area contributed by atoms with Crippen LogP contribution in [-0.2, 0) is 4.79 Å². The van der Waals surface area contributed by atoms with Crippen molar-refractivity contribution in [2.45, 2.75) is 17.8 Å². The number of rotatable bonds is 2. The molecule has 0 aromatic heterocycles. The number of thioether (sulfide) groups is 1. The maximum absolute atomic E-state index is 10.9. The molecule has 1 aromatic carbocycles. The second-order valence-electron chi connectivity index (χ2n) is 3.81. The number of halogens is 1. The van der Waals surface area contributed by atoms with Crippen LogP contribution in [0.2, 0.25) is 5.02 Å². The summed E-state index contributed by atoms with van der Waals surface area (Å²) in [7, 11) is 0. The van der Waals surface area contributed by atoms with Crippen LogP contribution in [0.15, 0.2) is 18.2 Å². The Morgan fingerprint density at radius 1 is 1.53 bits per heavy atom. The summed E-state index contributed by atoms with van der Waals surface area (Å²) in [5, 5.41) is 21.5. The molecule has 17 heavy (non-hydrogen) atoms. The van der Waals surface area contributed by atoms with Crippen LogP contribution in [0.1, 0.15) is 17.4 Å². The van der Waals surface area contributed by atoms with E-state index in [-0.39, 0.29) is 16.1 Å². The lowest BCUT2D eigenvalue weighted by Gasteiger charge is -2.28. The van der Waals surface area contributed by atoms with Crippen LogP contribution >= 0.6 is 23.4 Å². The maximum Gasteiger partial charge on any atom is 0.320 e. The Morgan fingerprint density at radius 3 is 2.94 bits per heavy atom. The molecule has 2 unspecified atom stereocenters. The number of carboxylic acids is 1. The number of nitrogens with one attached hydrogen (secondary N) is 1. The summed E-state index contributed by atoms with van der Waals surface area (Å²) in [5.41, 5.74) is 0.878. The molecule has 1 heterocycles. The molecule has 4 nitrogen and oxygen atoms in total. The molecule has 1 aliphatic rings. The molecular weight excluding hydrogens is 262 g/mol. The molecule has 92 valence electrons. The van der Waals surface area contributed by atoms with Crippen molar-refractivity contribution in [2.75, 3.05) is 5.75 Å². The fraction of sp³-hybridized carbons (Fsp3) is 0.364. The third-order valence-corrected chi connectivity index (χ3v) is 4.13. The zero-order valence-corrected chi connectivity index (χ0v) is 10.5. The predicted octanol–water partition coefficient (Wildman–Crippen LogP) is 2.22. The van der Waals surface area contributed by atoms with E-state index in [9.17, 15) is 9.90 Å². The summed E-state index contributed by atoms with van der Waals surface area (Å²) in [6.45, 7) is 0. The van der Waals surface area contributed by atoms with Gasteiger partial charge >= 0.3 is 5.97 Å². The van der Waals surface area contributed by atoms with E-state index in [1.54, 1.807) is 23.9 Å². The lowest BCUT2D eigenvalue weighted by molar-refractivity contribution is -0.139. The number of phenolic OH excluding ortho intramolecular Hbond substituents is 1. The lowest BCUT2D eigenvalue weighted by Crippen LogP contribution is -2.41. The first-order chi connectivity index (χ1) is 8.08. The normalized spacial score (nSPS) is 24.5. The van der Waals surface area contributed by atoms with Crippen molar-refractivity contribution in [3.63, 3.8) is 0 Å². The van der Waals surface area contributed by atoms with Crippen molar-refractivity contribution in [2.24, 2.45) is 0 Å². The number of aliphatic carboxylic acids is 1. The van der Waals surface area contributed by atoms with E-state index in [0.29, 0.717) is 6.42 Å². The number of phenols is 1. The standard InChI is InChI=1S/C11H12ClNO3S/c12-7-5-6(1-2-9(7)14)10-13-8(11(15)16)3-4-17-10/h1-2,5,8,10,13-14H,3-4H2,(H,15,16). The highest BCUT2D eigenvalue weighted by Crippen LogP contribution is 2.35. The van der Waals surface area contributed by atoms with Crippen molar-refractivity contribution in [3.8, 4) is 5.75 Å². The summed E-state index contributed by atoms with van der Waals surface area (Å²) in [5.74, 6) is -0.0150. The zero-order chi connectivity index (χ0) is 12.4. The number of hydrogen-bond acceptors (Lipinski definition) is 4. The van der Waals surface area contributed by atoms with Gasteiger partial charge in [0.05, 0.1) is 10.4 Å². The van der Waals surface area contributed by atoms with Gasteiger partial charge in [-0.1, -0.05) is 17.7 Å². The molecule has 1 aliphatic heterocycles. The Kier molecular flexibility index (Phi) is 3.81. The van der Waals surface area contributed by atoms with E-state index < -0.39 is 12.0 Å². The molecule has 3 N–H and O–H groups in total. The van der Waals surface area contributed by atoms with Crippen LogP contribution in [0.5, 0.6) is 5.75 Å². The van der Waals surface area contributed by atoms with Gasteiger partial charge in [0, 0.05) is 0 Å². The van der Waals surface area contributed by atoms with Crippen molar-refractivity contribution >= 4 is 29.3 Å². The topological polar surface area (TPSA) is 69.6 Å². The van der Waals surface area contributed by atoms with Crippen LogP contribution in [0.25, 0.3) is 0 Å². The SMILES string of the molecule is O=C(O)C1CCSC(c2ccc(O)c(Cl)c2)N1. The predicted molar refractivity (Wildman–Crippen MR) is 67.5 cm³/mol.